The van der Waals surface area contributed by atoms with E-state index in [4.69, 9.17) is 11.6 Å². The van der Waals surface area contributed by atoms with Gasteiger partial charge in [-0.05, 0) is 48.7 Å². The van der Waals surface area contributed by atoms with Crippen LogP contribution in [0.4, 0.5) is 14.5 Å². The van der Waals surface area contributed by atoms with Crippen molar-refractivity contribution in [3.8, 4) is 0 Å². The first kappa shape index (κ1) is 19.7. The number of rotatable bonds is 5. The number of hydrogen-bond acceptors (Lipinski definition) is 3. The molecule has 2 aromatic carbocycles. The molecule has 0 heterocycles. The van der Waals surface area contributed by atoms with E-state index in [2.05, 4.69) is 14.8 Å². The van der Waals surface area contributed by atoms with Crippen LogP contribution in [-0.2, 0) is 16.6 Å². The zero-order chi connectivity index (χ0) is 19.8. The molecule has 0 spiro atoms. The number of carbonyl (C=O) groups is 1. The van der Waals surface area contributed by atoms with E-state index in [9.17, 15) is 22.0 Å². The zero-order valence-corrected chi connectivity index (χ0v) is 15.7. The summed E-state index contributed by atoms with van der Waals surface area (Å²) in [7, 11) is -2.53. The molecule has 3 rings (SSSR count). The van der Waals surface area contributed by atoms with Gasteiger partial charge in [0.15, 0.2) is 0 Å². The Hall–Kier alpha value is -2.07. The Kier molecular flexibility index (Phi) is 5.48. The van der Waals surface area contributed by atoms with Gasteiger partial charge in [-0.25, -0.2) is 13.5 Å². The van der Waals surface area contributed by atoms with Gasteiger partial charge in [-0.3, -0.25) is 4.79 Å². The molecule has 0 unspecified atom stereocenters. The number of halogens is 3. The van der Waals surface area contributed by atoms with Gasteiger partial charge in [0.1, 0.15) is 11.6 Å². The second-order valence-electron chi connectivity index (χ2n) is 5.99. The second kappa shape index (κ2) is 7.51. The van der Waals surface area contributed by atoms with E-state index in [1.165, 1.54) is 25.2 Å². The predicted octanol–water partition coefficient (Wildman–Crippen LogP) is 2.91. The average Bonchev–Trinajstić information content (AvgIpc) is 3.02. The van der Waals surface area contributed by atoms with Crippen LogP contribution in [0.3, 0.4) is 0 Å². The van der Waals surface area contributed by atoms with Crippen LogP contribution < -0.4 is 14.8 Å². The van der Waals surface area contributed by atoms with Crippen molar-refractivity contribution in [3.05, 3.63) is 63.7 Å². The molecule has 0 aromatic heterocycles. The minimum atomic E-state index is -3.77. The van der Waals surface area contributed by atoms with E-state index in [0.717, 1.165) is 12.1 Å². The van der Waals surface area contributed by atoms with Gasteiger partial charge in [0.05, 0.1) is 11.1 Å². The molecule has 1 aliphatic carbocycles. The molecule has 1 aliphatic rings. The quantitative estimate of drug-likeness (QED) is 0.701. The number of amides is 1. The monoisotopic (exact) mass is 415 g/mol. The van der Waals surface area contributed by atoms with E-state index in [-0.39, 0.29) is 21.8 Å². The van der Waals surface area contributed by atoms with Crippen LogP contribution in [0.15, 0.2) is 30.3 Å². The second-order valence-corrected chi connectivity index (χ2v) is 8.04. The number of fused-ring (bicyclic) bond motifs is 1. The summed E-state index contributed by atoms with van der Waals surface area (Å²) in [5.41, 5.74) is 1.09. The van der Waals surface area contributed by atoms with Crippen molar-refractivity contribution in [1.29, 1.82) is 0 Å². The summed E-state index contributed by atoms with van der Waals surface area (Å²) in [4.78, 5) is 12.6. The number of benzene rings is 2. The van der Waals surface area contributed by atoms with Crippen LogP contribution in [0.25, 0.3) is 0 Å². The molecular formula is C17H16ClF2N3O3S. The summed E-state index contributed by atoms with van der Waals surface area (Å²) in [6, 6.07) is 5.43. The summed E-state index contributed by atoms with van der Waals surface area (Å²) < 4.78 is 55.5. The highest BCUT2D eigenvalue weighted by molar-refractivity contribution is 7.87. The molecule has 0 bridgehead atoms. The summed E-state index contributed by atoms with van der Waals surface area (Å²) in [6.07, 6.45) is 0.650. The topological polar surface area (TPSA) is 87.3 Å². The minimum Gasteiger partial charge on any atom is -0.322 e. The maximum Gasteiger partial charge on any atom is 0.277 e. The first-order valence-corrected chi connectivity index (χ1v) is 9.86. The third kappa shape index (κ3) is 4.11. The van der Waals surface area contributed by atoms with Gasteiger partial charge in [0, 0.05) is 23.9 Å². The lowest BCUT2D eigenvalue weighted by Gasteiger charge is -2.15. The van der Waals surface area contributed by atoms with Crippen LogP contribution in [0, 0.1) is 11.6 Å². The fourth-order valence-corrected chi connectivity index (χ4v) is 3.97. The van der Waals surface area contributed by atoms with Crippen molar-refractivity contribution in [2.24, 2.45) is 0 Å². The Morgan fingerprint density at radius 3 is 2.56 bits per heavy atom. The van der Waals surface area contributed by atoms with Crippen LogP contribution in [0.2, 0.25) is 5.02 Å². The zero-order valence-electron chi connectivity index (χ0n) is 14.1. The maximum absolute atomic E-state index is 14.3. The summed E-state index contributed by atoms with van der Waals surface area (Å²) >= 11 is 5.71. The number of nitrogens with one attached hydrogen (secondary N) is 3. The summed E-state index contributed by atoms with van der Waals surface area (Å²) in [5.74, 6) is -1.73. The number of hydrogen-bond donors (Lipinski definition) is 3. The molecule has 0 fully saturated rings. The Morgan fingerprint density at radius 1 is 1.19 bits per heavy atom. The Bertz CT molecular complexity index is 1010. The fourth-order valence-electron chi connectivity index (χ4n) is 3.06. The first-order chi connectivity index (χ1) is 12.7. The largest absolute Gasteiger partial charge is 0.322 e. The lowest BCUT2D eigenvalue weighted by Crippen LogP contribution is -2.36. The van der Waals surface area contributed by atoms with Crippen molar-refractivity contribution in [2.45, 2.75) is 18.9 Å². The third-order valence-corrected chi connectivity index (χ3v) is 5.75. The average molecular weight is 416 g/mol. The molecule has 3 N–H and O–H groups in total. The van der Waals surface area contributed by atoms with E-state index < -0.39 is 33.8 Å². The molecule has 0 saturated carbocycles. The molecule has 0 radical (unpaired) electrons. The fraction of sp³-hybridized carbons (Fsp3) is 0.235. The van der Waals surface area contributed by atoms with Crippen LogP contribution >= 0.6 is 11.6 Å². The highest BCUT2D eigenvalue weighted by atomic mass is 35.5. The van der Waals surface area contributed by atoms with Gasteiger partial charge in [-0.1, -0.05) is 11.6 Å². The van der Waals surface area contributed by atoms with Crippen molar-refractivity contribution < 1.29 is 22.0 Å². The normalized spacial score (nSPS) is 16.2. The van der Waals surface area contributed by atoms with Gasteiger partial charge in [0.25, 0.3) is 16.1 Å². The van der Waals surface area contributed by atoms with Crippen LogP contribution in [0.5, 0.6) is 0 Å². The summed E-state index contributed by atoms with van der Waals surface area (Å²) in [6.45, 7) is 0. The van der Waals surface area contributed by atoms with Gasteiger partial charge >= 0.3 is 0 Å². The van der Waals surface area contributed by atoms with Gasteiger partial charge < -0.3 is 5.32 Å². The molecule has 0 saturated heterocycles. The third-order valence-electron chi connectivity index (χ3n) is 4.32. The lowest BCUT2D eigenvalue weighted by atomic mass is 10.0. The molecule has 0 aliphatic heterocycles. The van der Waals surface area contributed by atoms with E-state index >= 15 is 0 Å². The minimum absolute atomic E-state index is 0.140. The highest BCUT2D eigenvalue weighted by Crippen LogP contribution is 2.36. The lowest BCUT2D eigenvalue weighted by molar-refractivity contribution is 0.102. The van der Waals surface area contributed by atoms with E-state index in [1.807, 2.05) is 0 Å². The molecule has 27 heavy (non-hydrogen) atoms. The Balaban J connectivity index is 1.91. The molecule has 2 aromatic rings. The highest BCUT2D eigenvalue weighted by Gasteiger charge is 2.32. The van der Waals surface area contributed by atoms with Gasteiger partial charge in [-0.15, -0.1) is 0 Å². The first-order valence-electron chi connectivity index (χ1n) is 8.00. The smallest absolute Gasteiger partial charge is 0.277 e. The maximum atomic E-state index is 14.3. The summed E-state index contributed by atoms with van der Waals surface area (Å²) in [5, 5.41) is 2.45. The SMILES string of the molecule is CNS(=O)(=O)N[C@H]1CCc2c(C(=O)Nc3ccc(F)c(Cl)c3)ccc(F)c21. The van der Waals surface area contributed by atoms with Crippen LogP contribution in [0.1, 0.15) is 33.9 Å². The molecule has 144 valence electrons. The van der Waals surface area contributed by atoms with E-state index in [1.54, 1.807) is 0 Å². The molecule has 1 amide bonds. The number of carbonyl (C=O) groups excluding carboxylic acids is 1. The molecule has 1 atom stereocenters. The molecular weight excluding hydrogens is 400 g/mol. The van der Waals surface area contributed by atoms with Crippen LogP contribution in [-0.4, -0.2) is 21.4 Å². The van der Waals surface area contributed by atoms with Crippen molar-refractivity contribution in [2.75, 3.05) is 12.4 Å². The Morgan fingerprint density at radius 2 is 1.89 bits per heavy atom. The standard InChI is InChI=1S/C17H16ClF2N3O3S/c1-21-27(25,26)23-15-7-4-10-11(3-6-14(20)16(10)15)17(24)22-9-2-5-13(19)12(18)8-9/h2-3,5-6,8,15,21,23H,4,7H2,1H3,(H,22,24)/t15-/m0/s1. The predicted molar refractivity (Wildman–Crippen MR) is 97.9 cm³/mol. The number of anilines is 1. The van der Waals surface area contributed by atoms with Crippen molar-refractivity contribution in [1.82, 2.24) is 9.44 Å². The van der Waals surface area contributed by atoms with Gasteiger partial charge in [0.2, 0.25) is 0 Å². The Labute approximate surface area is 160 Å². The van der Waals surface area contributed by atoms with E-state index in [0.29, 0.717) is 18.4 Å². The molecule has 6 nitrogen and oxygen atoms in total. The molecule has 10 heteroatoms. The van der Waals surface area contributed by atoms with Crippen molar-refractivity contribution >= 4 is 33.4 Å². The van der Waals surface area contributed by atoms with Gasteiger partial charge in [-0.2, -0.15) is 13.1 Å². The van der Waals surface area contributed by atoms with Crippen molar-refractivity contribution in [3.63, 3.8) is 0 Å².